The molecule has 0 aliphatic heterocycles. The van der Waals surface area contributed by atoms with Crippen LogP contribution in [0.2, 0.25) is 5.15 Å². The normalized spacial score (nSPS) is 11.5. The first-order valence-corrected chi connectivity index (χ1v) is 6.75. The van der Waals surface area contributed by atoms with Gasteiger partial charge in [-0.15, -0.1) is 0 Å². The topological polar surface area (TPSA) is 89.8 Å². The third kappa shape index (κ3) is 2.44. The van der Waals surface area contributed by atoms with Gasteiger partial charge in [-0.3, -0.25) is 4.72 Å². The van der Waals surface area contributed by atoms with E-state index in [2.05, 4.69) is 19.7 Å². The maximum atomic E-state index is 12.0. The van der Waals surface area contributed by atoms with Crippen LogP contribution in [-0.2, 0) is 17.1 Å². The highest BCUT2D eigenvalue weighted by molar-refractivity contribution is 7.92. The standard InChI is InChI=1S/C9H10ClN5O2S/c1-6-13-7(5-15(6)2)18(16,17)14-9-8(10)11-3-4-12-9/h3-5H,1-2H3,(H,12,14). The van der Waals surface area contributed by atoms with E-state index in [1.165, 1.54) is 18.6 Å². The van der Waals surface area contributed by atoms with Crippen LogP contribution in [0.5, 0.6) is 0 Å². The average Bonchev–Trinajstić information content (AvgIpc) is 2.63. The Labute approximate surface area is 109 Å². The van der Waals surface area contributed by atoms with Gasteiger partial charge in [0, 0.05) is 25.6 Å². The number of hydrogen-bond acceptors (Lipinski definition) is 5. The summed E-state index contributed by atoms with van der Waals surface area (Å²) in [6, 6.07) is 0. The smallest absolute Gasteiger partial charge is 0.282 e. The Morgan fingerprint density at radius 2 is 2.00 bits per heavy atom. The Morgan fingerprint density at radius 1 is 1.33 bits per heavy atom. The Hall–Kier alpha value is -1.67. The second-order valence-corrected chi connectivity index (χ2v) is 5.53. The molecule has 1 N–H and O–H groups in total. The molecule has 18 heavy (non-hydrogen) atoms. The van der Waals surface area contributed by atoms with E-state index < -0.39 is 10.0 Å². The molecule has 0 atom stereocenters. The molecule has 0 amide bonds. The number of aromatic nitrogens is 4. The van der Waals surface area contributed by atoms with Crippen molar-refractivity contribution in [1.29, 1.82) is 0 Å². The van der Waals surface area contributed by atoms with Crippen LogP contribution in [-0.4, -0.2) is 27.9 Å². The summed E-state index contributed by atoms with van der Waals surface area (Å²) < 4.78 is 27.9. The molecule has 9 heteroatoms. The fourth-order valence-electron chi connectivity index (χ4n) is 1.22. The summed E-state index contributed by atoms with van der Waals surface area (Å²) in [6.45, 7) is 1.70. The largest absolute Gasteiger partial charge is 0.337 e. The molecular formula is C9H10ClN5O2S. The molecule has 2 heterocycles. The van der Waals surface area contributed by atoms with Crippen molar-refractivity contribution < 1.29 is 8.42 Å². The molecule has 96 valence electrons. The Morgan fingerprint density at radius 3 is 2.56 bits per heavy atom. The maximum absolute atomic E-state index is 12.0. The number of aryl methyl sites for hydroxylation is 2. The third-order valence-electron chi connectivity index (χ3n) is 2.25. The predicted molar refractivity (Wildman–Crippen MR) is 65.8 cm³/mol. The molecule has 0 saturated carbocycles. The summed E-state index contributed by atoms with van der Waals surface area (Å²) in [5.74, 6) is 0.558. The van der Waals surface area contributed by atoms with Crippen molar-refractivity contribution in [1.82, 2.24) is 19.5 Å². The highest BCUT2D eigenvalue weighted by atomic mass is 35.5. The van der Waals surface area contributed by atoms with E-state index in [0.717, 1.165) is 0 Å². The summed E-state index contributed by atoms with van der Waals surface area (Å²) in [7, 11) is -2.10. The van der Waals surface area contributed by atoms with E-state index in [9.17, 15) is 8.42 Å². The molecule has 0 spiro atoms. The Balaban J connectivity index is 2.36. The highest BCUT2D eigenvalue weighted by Gasteiger charge is 2.20. The molecule has 0 fully saturated rings. The second kappa shape index (κ2) is 4.54. The summed E-state index contributed by atoms with van der Waals surface area (Å²) in [6.07, 6.45) is 4.11. The minimum Gasteiger partial charge on any atom is -0.337 e. The first-order valence-electron chi connectivity index (χ1n) is 4.89. The number of nitrogens with zero attached hydrogens (tertiary/aromatic N) is 4. The van der Waals surface area contributed by atoms with E-state index in [1.54, 1.807) is 18.5 Å². The van der Waals surface area contributed by atoms with Gasteiger partial charge in [0.2, 0.25) is 0 Å². The van der Waals surface area contributed by atoms with Crippen molar-refractivity contribution in [2.24, 2.45) is 7.05 Å². The lowest BCUT2D eigenvalue weighted by Gasteiger charge is -2.04. The van der Waals surface area contributed by atoms with Crippen LogP contribution in [0.4, 0.5) is 5.82 Å². The van der Waals surface area contributed by atoms with Crippen molar-refractivity contribution in [3.63, 3.8) is 0 Å². The molecule has 2 aromatic heterocycles. The Kier molecular flexibility index (Phi) is 3.22. The molecule has 2 rings (SSSR count). The zero-order valence-corrected chi connectivity index (χ0v) is 11.2. The Bertz CT molecular complexity index is 663. The zero-order valence-electron chi connectivity index (χ0n) is 9.62. The van der Waals surface area contributed by atoms with Gasteiger partial charge in [0.1, 0.15) is 5.82 Å². The first-order chi connectivity index (χ1) is 8.40. The van der Waals surface area contributed by atoms with E-state index in [0.29, 0.717) is 5.82 Å². The molecule has 0 radical (unpaired) electrons. The van der Waals surface area contributed by atoms with Crippen molar-refractivity contribution in [2.75, 3.05) is 4.72 Å². The number of halogens is 1. The van der Waals surface area contributed by atoms with Gasteiger partial charge in [0.15, 0.2) is 16.0 Å². The van der Waals surface area contributed by atoms with Crippen molar-refractivity contribution >= 4 is 27.4 Å². The van der Waals surface area contributed by atoms with Crippen LogP contribution >= 0.6 is 11.6 Å². The molecule has 0 bridgehead atoms. The summed E-state index contributed by atoms with van der Waals surface area (Å²) in [5, 5.41) is -0.113. The number of rotatable bonds is 3. The van der Waals surface area contributed by atoms with E-state index >= 15 is 0 Å². The van der Waals surface area contributed by atoms with E-state index in [4.69, 9.17) is 11.6 Å². The van der Waals surface area contributed by atoms with Crippen molar-refractivity contribution in [3.8, 4) is 0 Å². The monoisotopic (exact) mass is 287 g/mol. The zero-order chi connectivity index (χ0) is 13.3. The summed E-state index contributed by atoms with van der Waals surface area (Å²) in [4.78, 5) is 11.5. The molecule has 0 aromatic carbocycles. The number of nitrogens with one attached hydrogen (secondary N) is 1. The van der Waals surface area contributed by atoms with Gasteiger partial charge in [-0.2, -0.15) is 8.42 Å². The van der Waals surface area contributed by atoms with E-state index in [1.807, 2.05) is 0 Å². The minimum atomic E-state index is -3.81. The van der Waals surface area contributed by atoms with Crippen LogP contribution in [0.3, 0.4) is 0 Å². The summed E-state index contributed by atoms with van der Waals surface area (Å²) in [5.41, 5.74) is 0. The molecule has 0 saturated heterocycles. The fraction of sp³-hybridized carbons (Fsp3) is 0.222. The number of imidazole rings is 1. The van der Waals surface area contributed by atoms with Gasteiger partial charge in [0.05, 0.1) is 0 Å². The molecular weight excluding hydrogens is 278 g/mol. The average molecular weight is 288 g/mol. The lowest BCUT2D eigenvalue weighted by atomic mass is 10.7. The predicted octanol–water partition coefficient (Wildman–Crippen LogP) is 0.973. The number of anilines is 1. The van der Waals surface area contributed by atoms with Gasteiger partial charge >= 0.3 is 0 Å². The van der Waals surface area contributed by atoms with Crippen LogP contribution in [0.15, 0.2) is 23.6 Å². The van der Waals surface area contributed by atoms with Gasteiger partial charge < -0.3 is 4.57 Å². The second-order valence-electron chi connectivity index (χ2n) is 3.54. The van der Waals surface area contributed by atoms with Gasteiger partial charge in [-0.05, 0) is 6.92 Å². The highest BCUT2D eigenvalue weighted by Crippen LogP contribution is 2.18. The van der Waals surface area contributed by atoms with Gasteiger partial charge in [-0.25, -0.2) is 15.0 Å². The van der Waals surface area contributed by atoms with Crippen molar-refractivity contribution in [2.45, 2.75) is 11.9 Å². The van der Waals surface area contributed by atoms with Crippen molar-refractivity contribution in [3.05, 3.63) is 29.6 Å². The molecule has 0 unspecified atom stereocenters. The van der Waals surface area contributed by atoms with Crippen LogP contribution in [0.25, 0.3) is 0 Å². The quantitative estimate of drug-likeness (QED) is 0.908. The van der Waals surface area contributed by atoms with Gasteiger partial charge in [0.25, 0.3) is 10.0 Å². The maximum Gasteiger partial charge on any atom is 0.282 e. The first kappa shape index (κ1) is 12.8. The fourth-order valence-corrected chi connectivity index (χ4v) is 2.49. The number of sulfonamides is 1. The molecule has 0 aliphatic rings. The summed E-state index contributed by atoms with van der Waals surface area (Å²) >= 11 is 5.73. The van der Waals surface area contributed by atoms with E-state index in [-0.39, 0.29) is 16.0 Å². The van der Waals surface area contributed by atoms with Crippen LogP contribution < -0.4 is 4.72 Å². The molecule has 0 aliphatic carbocycles. The molecule has 7 nitrogen and oxygen atoms in total. The third-order valence-corrected chi connectivity index (χ3v) is 3.73. The SMILES string of the molecule is Cc1nc(S(=O)(=O)Nc2nccnc2Cl)cn1C. The molecule has 2 aromatic rings. The lowest BCUT2D eigenvalue weighted by Crippen LogP contribution is -2.15. The lowest BCUT2D eigenvalue weighted by molar-refractivity contribution is 0.597. The van der Waals surface area contributed by atoms with Crippen LogP contribution in [0, 0.1) is 6.92 Å². The minimum absolute atomic E-state index is 0.0197. The van der Waals surface area contributed by atoms with Gasteiger partial charge in [-0.1, -0.05) is 11.6 Å². The number of hydrogen-bond donors (Lipinski definition) is 1. The van der Waals surface area contributed by atoms with Crippen LogP contribution in [0.1, 0.15) is 5.82 Å².